The van der Waals surface area contributed by atoms with Crippen LogP contribution in [0, 0.1) is 3.57 Å². The number of hydrogen-bond donors (Lipinski definition) is 1. The quantitative estimate of drug-likeness (QED) is 0.796. The van der Waals surface area contributed by atoms with Gasteiger partial charge in [-0.05, 0) is 22.6 Å². The fourth-order valence-corrected chi connectivity index (χ4v) is 2.70. The molecule has 2 aromatic rings. The number of nitrogen functional groups attached to an aromatic ring is 1. The highest BCUT2D eigenvalue weighted by molar-refractivity contribution is 14.1. The molecule has 2 heterocycles. The van der Waals surface area contributed by atoms with Crippen LogP contribution in [0.15, 0.2) is 12.5 Å². The van der Waals surface area contributed by atoms with E-state index in [0.29, 0.717) is 11.6 Å². The van der Waals surface area contributed by atoms with Gasteiger partial charge in [-0.3, -0.25) is 0 Å². The van der Waals surface area contributed by atoms with E-state index in [1.54, 1.807) is 12.5 Å². The molecule has 0 bridgehead atoms. The van der Waals surface area contributed by atoms with Crippen molar-refractivity contribution >= 4 is 28.4 Å². The Morgan fingerprint density at radius 3 is 2.44 bits per heavy atom. The van der Waals surface area contributed by atoms with E-state index in [1.165, 1.54) is 0 Å². The van der Waals surface area contributed by atoms with Crippen LogP contribution in [-0.4, -0.2) is 19.5 Å². The van der Waals surface area contributed by atoms with Crippen LogP contribution in [0.5, 0.6) is 0 Å². The van der Waals surface area contributed by atoms with Crippen molar-refractivity contribution in [2.45, 2.75) is 26.2 Å². The van der Waals surface area contributed by atoms with Gasteiger partial charge in [0.1, 0.15) is 11.5 Å². The van der Waals surface area contributed by atoms with Crippen LogP contribution in [0.25, 0.3) is 11.5 Å². The molecule has 0 aliphatic carbocycles. The lowest BCUT2D eigenvalue weighted by molar-refractivity contribution is 0.564. The molecule has 2 rings (SSSR count). The van der Waals surface area contributed by atoms with Crippen molar-refractivity contribution in [3.8, 4) is 11.5 Å². The summed E-state index contributed by atoms with van der Waals surface area (Å²) in [5, 5.41) is 0. The topological polar surface area (TPSA) is 69.6 Å². The molecular formula is C12H16IN5. The Morgan fingerprint density at radius 2 is 1.94 bits per heavy atom. The molecule has 0 atom stereocenters. The van der Waals surface area contributed by atoms with Crippen molar-refractivity contribution in [1.82, 2.24) is 19.5 Å². The molecule has 0 fully saturated rings. The van der Waals surface area contributed by atoms with E-state index in [1.807, 2.05) is 11.6 Å². The maximum Gasteiger partial charge on any atom is 0.180 e. The third-order valence-electron chi connectivity index (χ3n) is 2.63. The first-order valence-electron chi connectivity index (χ1n) is 5.61. The maximum atomic E-state index is 5.99. The number of anilines is 1. The fraction of sp³-hybridized carbons (Fsp3) is 0.417. The van der Waals surface area contributed by atoms with Gasteiger partial charge in [0.25, 0.3) is 0 Å². The van der Waals surface area contributed by atoms with Gasteiger partial charge in [-0.25, -0.2) is 15.0 Å². The summed E-state index contributed by atoms with van der Waals surface area (Å²) in [6.07, 6.45) is 3.47. The Labute approximate surface area is 120 Å². The summed E-state index contributed by atoms with van der Waals surface area (Å²) >= 11 is 2.20. The van der Waals surface area contributed by atoms with Crippen molar-refractivity contribution in [2.75, 3.05) is 5.73 Å². The molecular weight excluding hydrogens is 341 g/mol. The van der Waals surface area contributed by atoms with Crippen LogP contribution in [0.1, 0.15) is 26.5 Å². The zero-order valence-corrected chi connectivity index (χ0v) is 13.1. The van der Waals surface area contributed by atoms with Gasteiger partial charge in [0.15, 0.2) is 5.82 Å². The summed E-state index contributed by atoms with van der Waals surface area (Å²) < 4.78 is 2.81. The van der Waals surface area contributed by atoms with E-state index in [-0.39, 0.29) is 5.41 Å². The molecule has 0 saturated carbocycles. The summed E-state index contributed by atoms with van der Waals surface area (Å²) in [6, 6.07) is 0. The van der Waals surface area contributed by atoms with E-state index < -0.39 is 0 Å². The van der Waals surface area contributed by atoms with Gasteiger partial charge in [0, 0.05) is 12.5 Å². The van der Waals surface area contributed by atoms with Crippen LogP contribution in [-0.2, 0) is 12.5 Å². The molecule has 0 aliphatic heterocycles. The SMILES string of the molecule is Cn1cncc1-c1nc(N)c(I)c(C(C)(C)C)n1. The Bertz CT molecular complexity index is 583. The highest BCUT2D eigenvalue weighted by atomic mass is 127. The average Bonchev–Trinajstić information content (AvgIpc) is 2.66. The van der Waals surface area contributed by atoms with Gasteiger partial charge in [-0.2, -0.15) is 0 Å². The number of aromatic nitrogens is 4. The van der Waals surface area contributed by atoms with Crippen LogP contribution in [0.3, 0.4) is 0 Å². The molecule has 0 radical (unpaired) electrons. The first-order chi connectivity index (χ1) is 8.30. The molecule has 96 valence electrons. The Hall–Kier alpha value is -1.18. The second-order valence-electron chi connectivity index (χ2n) is 5.23. The lowest BCUT2D eigenvalue weighted by Gasteiger charge is -2.20. The first kappa shape index (κ1) is 13.3. The lowest BCUT2D eigenvalue weighted by atomic mass is 9.92. The van der Waals surface area contributed by atoms with E-state index in [0.717, 1.165) is 15.0 Å². The lowest BCUT2D eigenvalue weighted by Crippen LogP contribution is -2.18. The molecule has 18 heavy (non-hydrogen) atoms. The van der Waals surface area contributed by atoms with Gasteiger partial charge in [0.2, 0.25) is 0 Å². The van der Waals surface area contributed by atoms with Gasteiger partial charge in [0.05, 0.1) is 21.8 Å². The molecule has 6 heteroatoms. The predicted octanol–water partition coefficient (Wildman–Crippen LogP) is 2.36. The third-order valence-corrected chi connectivity index (χ3v) is 3.70. The smallest absolute Gasteiger partial charge is 0.180 e. The van der Waals surface area contributed by atoms with Crippen molar-refractivity contribution in [1.29, 1.82) is 0 Å². The predicted molar refractivity (Wildman–Crippen MR) is 80.1 cm³/mol. The molecule has 0 amide bonds. The summed E-state index contributed by atoms with van der Waals surface area (Å²) in [5.41, 5.74) is 7.75. The van der Waals surface area contributed by atoms with Crippen molar-refractivity contribution < 1.29 is 0 Å². The Morgan fingerprint density at radius 1 is 1.28 bits per heavy atom. The number of hydrogen-bond acceptors (Lipinski definition) is 4. The van der Waals surface area contributed by atoms with Crippen molar-refractivity contribution in [3.05, 3.63) is 21.8 Å². The molecule has 0 unspecified atom stereocenters. The highest BCUT2D eigenvalue weighted by Gasteiger charge is 2.23. The van der Waals surface area contributed by atoms with E-state index in [2.05, 4.69) is 58.3 Å². The number of rotatable bonds is 1. The number of aryl methyl sites for hydroxylation is 1. The largest absolute Gasteiger partial charge is 0.383 e. The second-order valence-corrected chi connectivity index (χ2v) is 6.31. The summed E-state index contributed by atoms with van der Waals surface area (Å²) in [6.45, 7) is 6.35. The number of imidazole rings is 1. The fourth-order valence-electron chi connectivity index (χ4n) is 1.65. The van der Waals surface area contributed by atoms with Crippen molar-refractivity contribution in [3.63, 3.8) is 0 Å². The molecule has 0 aromatic carbocycles. The highest BCUT2D eigenvalue weighted by Crippen LogP contribution is 2.30. The van der Waals surface area contributed by atoms with E-state index in [4.69, 9.17) is 5.73 Å². The van der Waals surface area contributed by atoms with E-state index in [9.17, 15) is 0 Å². The monoisotopic (exact) mass is 357 g/mol. The molecule has 0 spiro atoms. The van der Waals surface area contributed by atoms with Crippen LogP contribution in [0.4, 0.5) is 5.82 Å². The normalized spacial score (nSPS) is 11.8. The first-order valence-corrected chi connectivity index (χ1v) is 6.68. The van der Waals surface area contributed by atoms with Gasteiger partial charge < -0.3 is 10.3 Å². The van der Waals surface area contributed by atoms with E-state index >= 15 is 0 Å². The van der Waals surface area contributed by atoms with Crippen LogP contribution < -0.4 is 5.73 Å². The summed E-state index contributed by atoms with van der Waals surface area (Å²) in [7, 11) is 1.91. The zero-order valence-electron chi connectivity index (χ0n) is 10.9. The summed E-state index contributed by atoms with van der Waals surface area (Å²) in [5.74, 6) is 1.14. The Balaban J connectivity index is 2.66. The minimum absolute atomic E-state index is 0.0685. The minimum Gasteiger partial charge on any atom is -0.383 e. The molecule has 5 nitrogen and oxygen atoms in total. The number of halogens is 1. The molecule has 2 aromatic heterocycles. The molecule has 0 aliphatic rings. The second kappa shape index (κ2) is 4.49. The standard InChI is InChI=1S/C12H16IN5/c1-12(2,3)9-8(13)10(14)17-11(16-9)7-5-15-6-18(7)4/h5-6H,1-4H3,(H2,14,16,17). The maximum absolute atomic E-state index is 5.99. The Kier molecular flexibility index (Phi) is 3.31. The number of nitrogens with zero attached hydrogens (tertiary/aromatic N) is 4. The number of nitrogens with two attached hydrogens (primary N) is 1. The summed E-state index contributed by atoms with van der Waals surface area (Å²) in [4.78, 5) is 13.1. The third kappa shape index (κ3) is 2.33. The van der Waals surface area contributed by atoms with Crippen LogP contribution >= 0.6 is 22.6 Å². The minimum atomic E-state index is -0.0685. The van der Waals surface area contributed by atoms with Crippen molar-refractivity contribution in [2.24, 2.45) is 7.05 Å². The van der Waals surface area contributed by atoms with Gasteiger partial charge >= 0.3 is 0 Å². The molecule has 2 N–H and O–H groups in total. The van der Waals surface area contributed by atoms with Gasteiger partial charge in [-0.15, -0.1) is 0 Å². The zero-order chi connectivity index (χ0) is 13.5. The van der Waals surface area contributed by atoms with Crippen LogP contribution in [0.2, 0.25) is 0 Å². The molecule has 0 saturated heterocycles. The average molecular weight is 357 g/mol. The van der Waals surface area contributed by atoms with Gasteiger partial charge in [-0.1, -0.05) is 20.8 Å².